The molecule has 2 aromatic rings. The molecule has 30 heavy (non-hydrogen) atoms. The van der Waals surface area contributed by atoms with Crippen molar-refractivity contribution in [2.75, 3.05) is 18.4 Å². The van der Waals surface area contributed by atoms with Crippen LogP contribution in [-0.4, -0.2) is 53.2 Å². The largest absolute Gasteiger partial charge is 0.445 e. The van der Waals surface area contributed by atoms with Gasteiger partial charge in [0.1, 0.15) is 12.6 Å². The van der Waals surface area contributed by atoms with Crippen molar-refractivity contribution in [1.82, 2.24) is 15.2 Å². The minimum Gasteiger partial charge on any atom is -0.445 e. The molecule has 3 atom stereocenters. The molecule has 8 nitrogen and oxygen atoms in total. The van der Waals surface area contributed by atoms with Gasteiger partial charge in [-0.05, 0) is 26.3 Å². The summed E-state index contributed by atoms with van der Waals surface area (Å²) in [5.74, 6) is -0.346. The quantitative estimate of drug-likeness (QED) is 0.699. The third-order valence-electron chi connectivity index (χ3n) is 4.60. The molecule has 2 N–H and O–H groups in total. The van der Waals surface area contributed by atoms with Gasteiger partial charge in [-0.25, -0.2) is 9.78 Å². The molecule has 0 unspecified atom stereocenters. The number of hydrogen-bond donors (Lipinski definition) is 2. The summed E-state index contributed by atoms with van der Waals surface area (Å²) in [5, 5.41) is 7.73. The molecule has 9 heteroatoms. The van der Waals surface area contributed by atoms with E-state index in [2.05, 4.69) is 34.4 Å². The number of nitrogens with one attached hydrogen (secondary N) is 2. The summed E-state index contributed by atoms with van der Waals surface area (Å²) >= 11 is 1.37. The number of alkyl carbamates (subject to hydrolysis) is 1. The highest BCUT2D eigenvalue weighted by molar-refractivity contribution is 7.13. The summed E-state index contributed by atoms with van der Waals surface area (Å²) in [5.41, 5.74) is 1.78. The number of anilines is 1. The summed E-state index contributed by atoms with van der Waals surface area (Å²) in [6.07, 6.45) is -0.253. The van der Waals surface area contributed by atoms with E-state index in [0.29, 0.717) is 11.7 Å². The monoisotopic (exact) mass is 432 g/mol. The highest BCUT2D eigenvalue weighted by Crippen LogP contribution is 2.19. The van der Waals surface area contributed by atoms with Crippen LogP contribution in [0.2, 0.25) is 0 Å². The number of hydrogen-bond acceptors (Lipinski definition) is 7. The fraction of sp³-hybridized carbons (Fsp3) is 0.476. The molecule has 162 valence electrons. The molecular weight excluding hydrogens is 404 g/mol. The van der Waals surface area contributed by atoms with Crippen molar-refractivity contribution in [2.24, 2.45) is 0 Å². The maximum atomic E-state index is 12.4. The minimum atomic E-state index is -0.749. The van der Waals surface area contributed by atoms with Crippen LogP contribution in [-0.2, 0) is 27.4 Å². The predicted molar refractivity (Wildman–Crippen MR) is 115 cm³/mol. The van der Waals surface area contributed by atoms with Crippen molar-refractivity contribution in [3.05, 3.63) is 47.0 Å². The van der Waals surface area contributed by atoms with E-state index in [4.69, 9.17) is 9.47 Å². The molecule has 1 aliphatic heterocycles. The van der Waals surface area contributed by atoms with Gasteiger partial charge in [0.2, 0.25) is 5.91 Å². The lowest BCUT2D eigenvalue weighted by molar-refractivity contribution is -0.117. The Morgan fingerprint density at radius 1 is 1.27 bits per heavy atom. The first kappa shape index (κ1) is 22.2. The topological polar surface area (TPSA) is 92.8 Å². The van der Waals surface area contributed by atoms with Gasteiger partial charge in [-0.15, -0.1) is 11.3 Å². The Morgan fingerprint density at radius 2 is 1.97 bits per heavy atom. The molecule has 1 aromatic heterocycles. The van der Waals surface area contributed by atoms with Gasteiger partial charge in [-0.1, -0.05) is 30.3 Å². The van der Waals surface area contributed by atoms with Crippen LogP contribution in [0.15, 0.2) is 35.7 Å². The summed E-state index contributed by atoms with van der Waals surface area (Å²) in [4.78, 5) is 31.1. The van der Waals surface area contributed by atoms with Gasteiger partial charge in [0.25, 0.3) is 0 Å². The Bertz CT molecular complexity index is 835. The van der Waals surface area contributed by atoms with Crippen molar-refractivity contribution in [3.8, 4) is 0 Å². The number of aromatic nitrogens is 1. The molecule has 2 amide bonds. The van der Waals surface area contributed by atoms with E-state index in [0.717, 1.165) is 24.3 Å². The van der Waals surface area contributed by atoms with Crippen LogP contribution in [0.25, 0.3) is 0 Å². The van der Waals surface area contributed by atoms with Gasteiger partial charge in [-0.3, -0.25) is 9.69 Å². The van der Waals surface area contributed by atoms with Gasteiger partial charge in [-0.2, -0.15) is 0 Å². The fourth-order valence-corrected chi connectivity index (χ4v) is 4.00. The lowest BCUT2D eigenvalue weighted by Gasteiger charge is -2.34. The molecule has 1 aliphatic rings. The number of rotatable bonds is 7. The Kier molecular flexibility index (Phi) is 7.78. The van der Waals surface area contributed by atoms with Crippen LogP contribution in [0.1, 0.15) is 32.0 Å². The van der Waals surface area contributed by atoms with Crippen LogP contribution < -0.4 is 10.6 Å². The number of morpholine rings is 1. The van der Waals surface area contributed by atoms with E-state index >= 15 is 0 Å². The van der Waals surface area contributed by atoms with E-state index < -0.39 is 12.1 Å². The number of thiazole rings is 1. The van der Waals surface area contributed by atoms with Crippen molar-refractivity contribution in [1.29, 1.82) is 0 Å². The molecule has 0 radical (unpaired) electrons. The average molecular weight is 433 g/mol. The first-order valence-corrected chi connectivity index (χ1v) is 10.9. The minimum absolute atomic E-state index is 0.148. The highest BCUT2D eigenvalue weighted by atomic mass is 32.1. The number of carbonyl (C=O) groups is 2. The zero-order chi connectivity index (χ0) is 21.5. The molecule has 0 aliphatic carbocycles. The summed E-state index contributed by atoms with van der Waals surface area (Å²) in [6, 6.07) is 8.61. The Labute approximate surface area is 180 Å². The number of nitrogens with zero attached hydrogens (tertiary/aromatic N) is 2. The SMILES string of the molecule is C[C@@H]1CN(Cc2csc(NC(=O)[C@H](C)NC(=O)OCc3ccccc3)n2)C[C@@H](C)O1. The zero-order valence-corrected chi connectivity index (χ0v) is 18.3. The van der Waals surface area contributed by atoms with Crippen LogP contribution in [0.5, 0.6) is 0 Å². The first-order chi connectivity index (χ1) is 14.4. The number of amides is 2. The molecule has 1 aromatic carbocycles. The zero-order valence-electron chi connectivity index (χ0n) is 17.5. The second-order valence-corrected chi connectivity index (χ2v) is 8.37. The maximum absolute atomic E-state index is 12.4. The van der Waals surface area contributed by atoms with Crippen molar-refractivity contribution >= 4 is 28.5 Å². The first-order valence-electron chi connectivity index (χ1n) is 9.99. The Balaban J connectivity index is 1.43. The molecule has 0 spiro atoms. The number of carbonyl (C=O) groups excluding carboxylic acids is 2. The van der Waals surface area contributed by atoms with Gasteiger partial charge < -0.3 is 20.1 Å². The van der Waals surface area contributed by atoms with E-state index in [-0.39, 0.29) is 24.7 Å². The van der Waals surface area contributed by atoms with E-state index in [1.54, 1.807) is 6.92 Å². The van der Waals surface area contributed by atoms with Crippen molar-refractivity contribution in [3.63, 3.8) is 0 Å². The molecular formula is C21H28N4O4S. The molecule has 3 rings (SSSR count). The molecule has 0 saturated carbocycles. The number of benzene rings is 1. The Hall–Kier alpha value is -2.49. The molecule has 1 fully saturated rings. The van der Waals surface area contributed by atoms with Crippen molar-refractivity contribution in [2.45, 2.75) is 52.2 Å². The van der Waals surface area contributed by atoms with E-state index in [1.165, 1.54) is 11.3 Å². The van der Waals surface area contributed by atoms with Gasteiger partial charge in [0.15, 0.2) is 5.13 Å². The molecule has 0 bridgehead atoms. The smallest absolute Gasteiger partial charge is 0.408 e. The summed E-state index contributed by atoms with van der Waals surface area (Å²) in [6.45, 7) is 8.30. The Morgan fingerprint density at radius 3 is 2.67 bits per heavy atom. The number of ether oxygens (including phenoxy) is 2. The third kappa shape index (κ3) is 6.79. The maximum Gasteiger partial charge on any atom is 0.408 e. The second-order valence-electron chi connectivity index (χ2n) is 7.51. The van der Waals surface area contributed by atoms with Crippen LogP contribution >= 0.6 is 11.3 Å². The average Bonchev–Trinajstić information content (AvgIpc) is 3.13. The van der Waals surface area contributed by atoms with Gasteiger partial charge in [0, 0.05) is 25.0 Å². The second kappa shape index (κ2) is 10.5. The third-order valence-corrected chi connectivity index (χ3v) is 5.41. The fourth-order valence-electron chi connectivity index (χ4n) is 3.30. The predicted octanol–water partition coefficient (Wildman–Crippen LogP) is 3.01. The summed E-state index contributed by atoms with van der Waals surface area (Å²) in [7, 11) is 0. The lowest BCUT2D eigenvalue weighted by atomic mass is 10.2. The van der Waals surface area contributed by atoms with Crippen molar-refractivity contribution < 1.29 is 19.1 Å². The molecule has 2 heterocycles. The molecule has 1 saturated heterocycles. The van der Waals surface area contributed by atoms with E-state index in [9.17, 15) is 9.59 Å². The lowest BCUT2D eigenvalue weighted by Crippen LogP contribution is -2.44. The normalized spacial score (nSPS) is 20.4. The van der Waals surface area contributed by atoms with Gasteiger partial charge >= 0.3 is 6.09 Å². The van der Waals surface area contributed by atoms with E-state index in [1.807, 2.05) is 35.7 Å². The standard InChI is InChI=1S/C21H28N4O4S/c1-14-9-25(10-15(2)29-14)11-18-13-30-20(23-18)24-19(26)16(3)22-21(27)28-12-17-7-5-4-6-8-17/h4-8,13-16H,9-12H2,1-3H3,(H,22,27)(H,23,24,26)/t14-,15-,16+/m1/s1. The van der Waals surface area contributed by atoms with Crippen LogP contribution in [0, 0.1) is 0 Å². The van der Waals surface area contributed by atoms with Gasteiger partial charge in [0.05, 0.1) is 17.9 Å². The highest BCUT2D eigenvalue weighted by Gasteiger charge is 2.23. The van der Waals surface area contributed by atoms with Crippen LogP contribution in [0.3, 0.4) is 0 Å². The summed E-state index contributed by atoms with van der Waals surface area (Å²) < 4.78 is 10.9. The van der Waals surface area contributed by atoms with Crippen LogP contribution in [0.4, 0.5) is 9.93 Å².